The number of benzene rings is 2. The molecule has 0 aliphatic carbocycles. The highest BCUT2D eigenvalue weighted by molar-refractivity contribution is 5.95. The van der Waals surface area contributed by atoms with Gasteiger partial charge in [-0.15, -0.1) is 0 Å². The zero-order valence-electron chi connectivity index (χ0n) is 17.8. The number of hydrogen-bond donors (Lipinski definition) is 1. The van der Waals surface area contributed by atoms with Crippen molar-refractivity contribution in [3.8, 4) is 5.69 Å². The van der Waals surface area contributed by atoms with Gasteiger partial charge in [-0.2, -0.15) is 13.2 Å². The molecule has 32 heavy (non-hydrogen) atoms. The lowest BCUT2D eigenvalue weighted by atomic mass is 9.97. The summed E-state index contributed by atoms with van der Waals surface area (Å²) in [7, 11) is 2.08. The summed E-state index contributed by atoms with van der Waals surface area (Å²) in [6.07, 6.45) is 1.76. The van der Waals surface area contributed by atoms with Gasteiger partial charge in [-0.25, -0.2) is 4.98 Å². The number of para-hydroxylation sites is 1. The molecule has 0 radical (unpaired) electrons. The van der Waals surface area contributed by atoms with Crippen LogP contribution >= 0.6 is 0 Å². The molecule has 5 nitrogen and oxygen atoms in total. The van der Waals surface area contributed by atoms with Gasteiger partial charge in [0.1, 0.15) is 6.33 Å². The van der Waals surface area contributed by atoms with Crippen LogP contribution in [-0.4, -0.2) is 47.0 Å². The zero-order valence-corrected chi connectivity index (χ0v) is 17.8. The topological polar surface area (TPSA) is 50.2 Å². The van der Waals surface area contributed by atoms with Crippen molar-refractivity contribution in [3.05, 3.63) is 66.0 Å². The monoisotopic (exact) mass is 442 g/mol. The third-order valence-electron chi connectivity index (χ3n) is 5.85. The Bertz CT molecular complexity index is 1110. The highest BCUT2D eigenvalue weighted by Crippen LogP contribution is 2.34. The van der Waals surface area contributed by atoms with Crippen LogP contribution in [0.5, 0.6) is 0 Å². The Morgan fingerprint density at radius 1 is 1.19 bits per heavy atom. The first-order valence-corrected chi connectivity index (χ1v) is 10.6. The molecular weight excluding hydrogens is 417 g/mol. The lowest BCUT2D eigenvalue weighted by molar-refractivity contribution is -0.137. The molecule has 1 aliphatic rings. The second kappa shape index (κ2) is 9.16. The molecule has 1 aliphatic heterocycles. The molecule has 1 N–H and O–H groups in total. The maximum atomic E-state index is 13.4. The van der Waals surface area contributed by atoms with Crippen molar-refractivity contribution in [1.82, 2.24) is 19.8 Å². The number of fused-ring (bicyclic) bond motifs is 1. The highest BCUT2D eigenvalue weighted by atomic mass is 19.4. The van der Waals surface area contributed by atoms with Crippen LogP contribution < -0.4 is 5.32 Å². The third-order valence-corrected chi connectivity index (χ3v) is 5.85. The molecule has 0 bridgehead atoms. The first-order valence-electron chi connectivity index (χ1n) is 10.6. The highest BCUT2D eigenvalue weighted by Gasteiger charge is 2.32. The van der Waals surface area contributed by atoms with E-state index >= 15 is 0 Å². The molecule has 3 aromatic rings. The summed E-state index contributed by atoms with van der Waals surface area (Å²) in [6.45, 7) is 2.57. The van der Waals surface area contributed by atoms with Gasteiger partial charge in [-0.05, 0) is 69.2 Å². The maximum absolute atomic E-state index is 13.4. The molecule has 168 valence electrons. The minimum absolute atomic E-state index is 0.218. The Morgan fingerprint density at radius 2 is 1.91 bits per heavy atom. The second-order valence-electron chi connectivity index (χ2n) is 8.21. The van der Waals surface area contributed by atoms with Crippen LogP contribution in [0.2, 0.25) is 0 Å². The van der Waals surface area contributed by atoms with Crippen molar-refractivity contribution < 1.29 is 18.0 Å². The second-order valence-corrected chi connectivity index (χ2v) is 8.21. The molecule has 4 rings (SSSR count). The van der Waals surface area contributed by atoms with Crippen LogP contribution in [0.15, 0.2) is 54.9 Å². The molecule has 2 aromatic carbocycles. The number of halogens is 3. The summed E-state index contributed by atoms with van der Waals surface area (Å²) in [5.74, 6) is 0.101. The van der Waals surface area contributed by atoms with E-state index in [0.717, 1.165) is 43.8 Å². The first kappa shape index (κ1) is 22.1. The van der Waals surface area contributed by atoms with Gasteiger partial charge < -0.3 is 10.2 Å². The summed E-state index contributed by atoms with van der Waals surface area (Å²) in [4.78, 5) is 18.8. The van der Waals surface area contributed by atoms with Gasteiger partial charge in [0.25, 0.3) is 0 Å². The third kappa shape index (κ3) is 5.02. The number of amides is 1. The SMILES string of the molecule is CN1CCC(CNC(=O)/C=C/c2cc(C(F)(F)F)cc3ncn(-c4ccccc4)c23)CC1. The lowest BCUT2D eigenvalue weighted by Gasteiger charge is -2.28. The number of piperidine rings is 1. The number of carbonyl (C=O) groups excluding carboxylic acids is 1. The normalized spacial score (nSPS) is 16.1. The van der Waals surface area contributed by atoms with Gasteiger partial charge in [-0.3, -0.25) is 9.36 Å². The molecule has 0 spiro atoms. The number of rotatable bonds is 5. The fourth-order valence-corrected chi connectivity index (χ4v) is 3.99. The van der Waals surface area contributed by atoms with Gasteiger partial charge in [-0.1, -0.05) is 18.2 Å². The van der Waals surface area contributed by atoms with E-state index in [1.165, 1.54) is 18.5 Å². The van der Waals surface area contributed by atoms with Crippen molar-refractivity contribution in [3.63, 3.8) is 0 Å². The van der Waals surface area contributed by atoms with Crippen LogP contribution in [0.3, 0.4) is 0 Å². The molecular formula is C24H25F3N4O. The minimum atomic E-state index is -4.51. The molecule has 0 saturated carbocycles. The van der Waals surface area contributed by atoms with Crippen LogP contribution in [-0.2, 0) is 11.0 Å². The van der Waals surface area contributed by atoms with E-state index < -0.39 is 11.7 Å². The predicted molar refractivity (Wildman–Crippen MR) is 118 cm³/mol. The standard InChI is InChI=1S/C24H25F3N4O/c1-30-11-9-17(10-12-30)15-28-22(32)8-7-18-13-19(24(25,26)27)14-21-23(18)31(16-29-21)20-5-3-2-4-6-20/h2-8,13-14,16-17H,9-12,15H2,1H3,(H,28,32)/b8-7+. The van der Waals surface area contributed by atoms with Crippen molar-refractivity contribution in [2.45, 2.75) is 19.0 Å². The molecule has 1 saturated heterocycles. The fraction of sp³-hybridized carbons (Fsp3) is 0.333. The molecule has 0 unspecified atom stereocenters. The van der Waals surface area contributed by atoms with E-state index in [-0.39, 0.29) is 17.0 Å². The molecule has 1 amide bonds. The molecule has 1 fully saturated rings. The van der Waals surface area contributed by atoms with Gasteiger partial charge in [0, 0.05) is 23.9 Å². The Kier molecular flexibility index (Phi) is 6.32. The summed E-state index contributed by atoms with van der Waals surface area (Å²) < 4.78 is 42.0. The molecule has 2 heterocycles. The number of hydrogen-bond acceptors (Lipinski definition) is 3. The quantitative estimate of drug-likeness (QED) is 0.592. The average molecular weight is 442 g/mol. The van der Waals surface area contributed by atoms with Crippen LogP contribution in [0.4, 0.5) is 13.2 Å². The van der Waals surface area contributed by atoms with Crippen LogP contribution in [0.1, 0.15) is 24.0 Å². The van der Waals surface area contributed by atoms with E-state index in [4.69, 9.17) is 0 Å². The number of likely N-dealkylation sites (tertiary alicyclic amines) is 1. The smallest absolute Gasteiger partial charge is 0.352 e. The van der Waals surface area contributed by atoms with E-state index in [1.807, 2.05) is 30.3 Å². The molecule has 0 atom stereocenters. The predicted octanol–water partition coefficient (Wildman–Crippen LogP) is 4.52. The number of carbonyl (C=O) groups is 1. The van der Waals surface area contributed by atoms with E-state index in [9.17, 15) is 18.0 Å². The van der Waals surface area contributed by atoms with Crippen molar-refractivity contribution in [1.29, 1.82) is 0 Å². The average Bonchev–Trinajstić information content (AvgIpc) is 3.21. The summed E-state index contributed by atoms with van der Waals surface area (Å²) >= 11 is 0. The van der Waals surface area contributed by atoms with Crippen LogP contribution in [0.25, 0.3) is 22.8 Å². The number of alkyl halides is 3. The largest absolute Gasteiger partial charge is 0.416 e. The number of nitrogens with zero attached hydrogens (tertiary/aromatic N) is 3. The van der Waals surface area contributed by atoms with E-state index in [0.29, 0.717) is 18.0 Å². The zero-order chi connectivity index (χ0) is 22.7. The number of imidazole rings is 1. The van der Waals surface area contributed by atoms with Gasteiger partial charge in [0.15, 0.2) is 0 Å². The van der Waals surface area contributed by atoms with Gasteiger partial charge in [0.2, 0.25) is 5.91 Å². The number of nitrogens with one attached hydrogen (secondary N) is 1. The van der Waals surface area contributed by atoms with Gasteiger partial charge >= 0.3 is 6.18 Å². The van der Waals surface area contributed by atoms with Gasteiger partial charge in [0.05, 0.1) is 16.6 Å². The molecule has 1 aromatic heterocycles. The summed E-state index contributed by atoms with van der Waals surface area (Å²) in [5, 5.41) is 2.88. The summed E-state index contributed by atoms with van der Waals surface area (Å²) in [5.41, 5.74) is 0.995. The Labute approximate surface area is 184 Å². The lowest BCUT2D eigenvalue weighted by Crippen LogP contribution is -2.36. The molecule has 8 heteroatoms. The number of aromatic nitrogens is 2. The van der Waals surface area contributed by atoms with E-state index in [2.05, 4.69) is 22.2 Å². The van der Waals surface area contributed by atoms with Crippen molar-refractivity contribution in [2.75, 3.05) is 26.7 Å². The fourth-order valence-electron chi connectivity index (χ4n) is 3.99. The summed E-state index contributed by atoms with van der Waals surface area (Å²) in [6, 6.07) is 11.3. The van der Waals surface area contributed by atoms with Crippen LogP contribution in [0, 0.1) is 5.92 Å². The Balaban J connectivity index is 1.61. The van der Waals surface area contributed by atoms with E-state index in [1.54, 1.807) is 4.57 Å². The Morgan fingerprint density at radius 3 is 2.59 bits per heavy atom. The minimum Gasteiger partial charge on any atom is -0.352 e. The first-order chi connectivity index (χ1) is 15.3. The Hall–Kier alpha value is -3.13. The van der Waals surface area contributed by atoms with Crippen molar-refractivity contribution in [2.24, 2.45) is 5.92 Å². The maximum Gasteiger partial charge on any atom is 0.416 e. The van der Waals surface area contributed by atoms with Crippen molar-refractivity contribution >= 4 is 23.0 Å².